The van der Waals surface area contributed by atoms with Crippen molar-refractivity contribution in [2.24, 2.45) is 17.8 Å². The fourth-order valence-corrected chi connectivity index (χ4v) is 3.39. The number of hydrogen-bond acceptors (Lipinski definition) is 4. The minimum Gasteiger partial charge on any atom is -0.396 e. The molecular formula is C15H23N3O. The molecule has 2 heterocycles. The molecule has 4 heteroatoms. The quantitative estimate of drug-likeness (QED) is 0.760. The maximum absolute atomic E-state index is 9.05. The van der Waals surface area contributed by atoms with E-state index in [1.165, 1.54) is 25.2 Å². The van der Waals surface area contributed by atoms with Crippen LogP contribution < -0.4 is 5.32 Å². The third kappa shape index (κ3) is 3.14. The molecule has 0 aromatic carbocycles. The van der Waals surface area contributed by atoms with Crippen molar-refractivity contribution in [3.8, 4) is 0 Å². The van der Waals surface area contributed by atoms with E-state index in [1.807, 2.05) is 12.4 Å². The first-order chi connectivity index (χ1) is 9.38. The predicted molar refractivity (Wildman–Crippen MR) is 74.6 cm³/mol. The van der Waals surface area contributed by atoms with Crippen LogP contribution in [-0.2, 0) is 6.54 Å². The van der Waals surface area contributed by atoms with Gasteiger partial charge in [-0.2, -0.15) is 0 Å². The highest BCUT2D eigenvalue weighted by molar-refractivity contribution is 5.10. The third-order valence-electron chi connectivity index (χ3n) is 4.53. The average molecular weight is 261 g/mol. The second kappa shape index (κ2) is 5.99. The van der Waals surface area contributed by atoms with Gasteiger partial charge in [-0.15, -0.1) is 0 Å². The number of hydrogen-bond donors (Lipinski definition) is 2. The zero-order valence-corrected chi connectivity index (χ0v) is 11.3. The summed E-state index contributed by atoms with van der Waals surface area (Å²) in [6, 6.07) is 4.17. The maximum atomic E-state index is 9.05. The molecule has 4 nitrogen and oxygen atoms in total. The minimum absolute atomic E-state index is 0.284. The molecule has 1 saturated carbocycles. The van der Waals surface area contributed by atoms with Crippen molar-refractivity contribution in [2.45, 2.75) is 13.0 Å². The molecule has 3 atom stereocenters. The summed E-state index contributed by atoms with van der Waals surface area (Å²) in [4.78, 5) is 6.56. The number of nitrogens with one attached hydrogen (secondary N) is 1. The number of fused-ring (bicyclic) bond motifs is 1. The summed E-state index contributed by atoms with van der Waals surface area (Å²) < 4.78 is 0. The summed E-state index contributed by atoms with van der Waals surface area (Å²) in [5, 5.41) is 12.5. The molecule has 2 N–H and O–H groups in total. The van der Waals surface area contributed by atoms with Crippen molar-refractivity contribution < 1.29 is 5.11 Å². The molecule has 1 aliphatic heterocycles. The van der Waals surface area contributed by atoms with E-state index in [0.717, 1.165) is 37.3 Å². The van der Waals surface area contributed by atoms with Gasteiger partial charge in [0, 0.05) is 38.6 Å². The van der Waals surface area contributed by atoms with E-state index in [-0.39, 0.29) is 6.61 Å². The Balaban J connectivity index is 1.55. The molecule has 2 fully saturated rings. The monoisotopic (exact) mass is 261 g/mol. The second-order valence-corrected chi connectivity index (χ2v) is 5.82. The van der Waals surface area contributed by atoms with E-state index in [4.69, 9.17) is 5.11 Å². The predicted octanol–water partition coefficient (Wildman–Crippen LogP) is 0.731. The fraction of sp³-hybridized carbons (Fsp3) is 0.667. The standard InChI is InChI=1S/C15H23N3O/c19-7-1-6-18(10-12-2-4-16-5-3-12)11-15-13-8-17-9-14(13)15/h2-5,13-15,17,19H,1,6-11H2/t13-,14+,15?. The molecule has 104 valence electrons. The van der Waals surface area contributed by atoms with Gasteiger partial charge in [0.05, 0.1) is 0 Å². The molecule has 1 saturated heterocycles. The number of aromatic nitrogens is 1. The number of pyridine rings is 1. The lowest BCUT2D eigenvalue weighted by molar-refractivity contribution is 0.206. The van der Waals surface area contributed by atoms with Crippen LogP contribution in [0.5, 0.6) is 0 Å². The average Bonchev–Trinajstić information content (AvgIpc) is 2.88. The van der Waals surface area contributed by atoms with Gasteiger partial charge in [-0.1, -0.05) is 0 Å². The van der Waals surface area contributed by atoms with Crippen LogP contribution in [-0.4, -0.2) is 47.8 Å². The first kappa shape index (κ1) is 13.0. The van der Waals surface area contributed by atoms with Crippen molar-refractivity contribution in [1.29, 1.82) is 0 Å². The lowest BCUT2D eigenvalue weighted by Crippen LogP contribution is -2.30. The fourth-order valence-electron chi connectivity index (χ4n) is 3.39. The van der Waals surface area contributed by atoms with Gasteiger partial charge in [-0.3, -0.25) is 9.88 Å². The normalized spacial score (nSPS) is 28.6. The Morgan fingerprint density at radius 1 is 1.26 bits per heavy atom. The molecular weight excluding hydrogens is 238 g/mol. The molecule has 0 bridgehead atoms. The molecule has 19 heavy (non-hydrogen) atoms. The molecule has 1 aliphatic carbocycles. The van der Waals surface area contributed by atoms with E-state index in [0.29, 0.717) is 0 Å². The van der Waals surface area contributed by atoms with Crippen LogP contribution in [0.25, 0.3) is 0 Å². The summed E-state index contributed by atoms with van der Waals surface area (Å²) >= 11 is 0. The smallest absolute Gasteiger partial charge is 0.0443 e. The van der Waals surface area contributed by atoms with Crippen LogP contribution in [0, 0.1) is 17.8 Å². The number of piperidine rings is 1. The van der Waals surface area contributed by atoms with Crippen molar-refractivity contribution in [2.75, 3.05) is 32.8 Å². The molecule has 0 spiro atoms. The van der Waals surface area contributed by atoms with E-state index in [1.54, 1.807) is 0 Å². The summed E-state index contributed by atoms with van der Waals surface area (Å²) in [6.07, 6.45) is 4.58. The van der Waals surface area contributed by atoms with Gasteiger partial charge < -0.3 is 10.4 Å². The Hall–Kier alpha value is -0.970. The van der Waals surface area contributed by atoms with Crippen LogP contribution in [0.15, 0.2) is 24.5 Å². The minimum atomic E-state index is 0.284. The zero-order chi connectivity index (χ0) is 13.1. The van der Waals surface area contributed by atoms with Crippen LogP contribution in [0.4, 0.5) is 0 Å². The van der Waals surface area contributed by atoms with Gasteiger partial charge in [-0.25, -0.2) is 0 Å². The molecule has 2 aliphatic rings. The largest absolute Gasteiger partial charge is 0.396 e. The van der Waals surface area contributed by atoms with Gasteiger partial charge in [0.2, 0.25) is 0 Å². The molecule has 1 aromatic rings. The molecule has 0 radical (unpaired) electrons. The Morgan fingerprint density at radius 2 is 2.00 bits per heavy atom. The van der Waals surface area contributed by atoms with E-state index < -0.39 is 0 Å². The van der Waals surface area contributed by atoms with Gasteiger partial charge in [0.25, 0.3) is 0 Å². The van der Waals surface area contributed by atoms with Crippen molar-refractivity contribution in [3.05, 3.63) is 30.1 Å². The van der Waals surface area contributed by atoms with Crippen LogP contribution >= 0.6 is 0 Å². The summed E-state index contributed by atoms with van der Waals surface area (Å²) in [6.45, 7) is 5.84. The second-order valence-electron chi connectivity index (χ2n) is 5.82. The Bertz CT molecular complexity index is 388. The zero-order valence-electron chi connectivity index (χ0n) is 11.3. The number of aliphatic hydroxyl groups is 1. The van der Waals surface area contributed by atoms with E-state index >= 15 is 0 Å². The SMILES string of the molecule is OCCCN(Cc1ccncc1)CC1[C@H]2CNC[C@@H]12. The highest BCUT2D eigenvalue weighted by Crippen LogP contribution is 2.48. The number of rotatable bonds is 7. The molecule has 3 rings (SSSR count). The lowest BCUT2D eigenvalue weighted by Gasteiger charge is -2.23. The lowest BCUT2D eigenvalue weighted by atomic mass is 10.2. The van der Waals surface area contributed by atoms with Gasteiger partial charge in [0.1, 0.15) is 0 Å². The highest BCUT2D eigenvalue weighted by Gasteiger charge is 2.52. The number of aliphatic hydroxyl groups excluding tert-OH is 1. The third-order valence-corrected chi connectivity index (χ3v) is 4.53. The molecule has 0 amide bonds. The first-order valence-corrected chi connectivity index (χ1v) is 7.31. The van der Waals surface area contributed by atoms with Gasteiger partial charge >= 0.3 is 0 Å². The first-order valence-electron chi connectivity index (χ1n) is 7.31. The summed E-state index contributed by atoms with van der Waals surface area (Å²) in [5.74, 6) is 2.70. The Morgan fingerprint density at radius 3 is 2.68 bits per heavy atom. The Kier molecular flexibility index (Phi) is 4.11. The van der Waals surface area contributed by atoms with E-state index in [2.05, 4.69) is 27.3 Å². The maximum Gasteiger partial charge on any atom is 0.0443 e. The topological polar surface area (TPSA) is 48.4 Å². The van der Waals surface area contributed by atoms with Gasteiger partial charge in [-0.05, 0) is 55.0 Å². The van der Waals surface area contributed by atoms with Crippen LogP contribution in [0.2, 0.25) is 0 Å². The van der Waals surface area contributed by atoms with Crippen LogP contribution in [0.3, 0.4) is 0 Å². The van der Waals surface area contributed by atoms with Crippen molar-refractivity contribution >= 4 is 0 Å². The Labute approximate surface area is 114 Å². The number of nitrogens with zero attached hydrogens (tertiary/aromatic N) is 2. The van der Waals surface area contributed by atoms with Crippen LogP contribution in [0.1, 0.15) is 12.0 Å². The summed E-state index contributed by atoms with van der Waals surface area (Å²) in [5.41, 5.74) is 1.32. The van der Waals surface area contributed by atoms with Crippen molar-refractivity contribution in [3.63, 3.8) is 0 Å². The summed E-state index contributed by atoms with van der Waals surface area (Å²) in [7, 11) is 0. The van der Waals surface area contributed by atoms with Crippen molar-refractivity contribution in [1.82, 2.24) is 15.2 Å². The van der Waals surface area contributed by atoms with Gasteiger partial charge in [0.15, 0.2) is 0 Å². The molecule has 1 unspecified atom stereocenters. The highest BCUT2D eigenvalue weighted by atomic mass is 16.3. The van der Waals surface area contributed by atoms with E-state index in [9.17, 15) is 0 Å². The molecule has 1 aromatic heterocycles.